The van der Waals surface area contributed by atoms with Gasteiger partial charge in [-0.05, 0) is 97.6 Å². The predicted molar refractivity (Wildman–Crippen MR) is 163 cm³/mol. The van der Waals surface area contributed by atoms with Gasteiger partial charge in [-0.15, -0.1) is 0 Å². The van der Waals surface area contributed by atoms with Gasteiger partial charge in [0.15, 0.2) is 5.78 Å². The van der Waals surface area contributed by atoms with Crippen molar-refractivity contribution in [3.05, 3.63) is 101 Å². The second kappa shape index (κ2) is 15.6. The Balaban J connectivity index is 1.31. The van der Waals surface area contributed by atoms with Crippen LogP contribution >= 0.6 is 11.6 Å². The molecule has 7 heteroatoms. The van der Waals surface area contributed by atoms with Crippen molar-refractivity contribution in [3.63, 3.8) is 0 Å². The fourth-order valence-electron chi connectivity index (χ4n) is 4.94. The number of carbonyl (C=O) groups is 1. The molecule has 0 bridgehead atoms. The number of halogens is 1. The van der Waals surface area contributed by atoms with Gasteiger partial charge in [0.25, 0.3) is 0 Å². The van der Waals surface area contributed by atoms with Crippen molar-refractivity contribution in [2.75, 3.05) is 39.5 Å². The van der Waals surface area contributed by atoms with E-state index in [1.165, 1.54) is 5.56 Å². The Morgan fingerprint density at radius 3 is 1.93 bits per heavy atom. The Morgan fingerprint density at radius 2 is 1.37 bits per heavy atom. The summed E-state index contributed by atoms with van der Waals surface area (Å²) in [6, 6.07) is 22.5. The van der Waals surface area contributed by atoms with E-state index in [4.69, 9.17) is 25.8 Å². The van der Waals surface area contributed by atoms with Crippen molar-refractivity contribution in [2.45, 2.75) is 38.7 Å². The summed E-state index contributed by atoms with van der Waals surface area (Å²) >= 11 is 5.90. The molecule has 3 aromatic rings. The van der Waals surface area contributed by atoms with E-state index in [0.717, 1.165) is 49.4 Å². The van der Waals surface area contributed by atoms with Crippen molar-refractivity contribution in [2.24, 2.45) is 5.92 Å². The molecule has 0 radical (unpaired) electrons. The molecule has 4 rings (SSSR count). The third kappa shape index (κ3) is 9.35. The summed E-state index contributed by atoms with van der Waals surface area (Å²) in [7, 11) is 0. The molecule has 0 aliphatic carbocycles. The number of likely N-dealkylation sites (tertiary alicyclic amines) is 1. The highest BCUT2D eigenvalue weighted by Crippen LogP contribution is 2.31. The Labute approximate surface area is 248 Å². The standard InChI is InChI=1S/C34H40ClNO5/c1-3-26-6-12-29(13-7-26)39-21-18-33(37)25(2)32(24-36-19-4-5-20-36)34(38)27-8-14-30(15-9-27)40-22-23-41-31-16-10-28(35)11-17-31/h6-17,32,34,38H,2-5,18-24H2,1H3/t32-,34+/m0/s1. The Morgan fingerprint density at radius 1 is 0.854 bits per heavy atom. The predicted octanol–water partition coefficient (Wildman–Crippen LogP) is 6.70. The number of nitrogens with zero attached hydrogens (tertiary/aromatic N) is 1. The molecule has 1 N–H and O–H groups in total. The van der Waals surface area contributed by atoms with Gasteiger partial charge >= 0.3 is 0 Å². The maximum absolute atomic E-state index is 13.2. The lowest BCUT2D eigenvalue weighted by Crippen LogP contribution is -2.33. The van der Waals surface area contributed by atoms with Crippen LogP contribution in [0, 0.1) is 5.92 Å². The van der Waals surface area contributed by atoms with Crippen LogP contribution < -0.4 is 14.2 Å². The van der Waals surface area contributed by atoms with E-state index in [1.807, 2.05) is 60.7 Å². The Bertz CT molecular complexity index is 1240. The number of hydrogen-bond acceptors (Lipinski definition) is 6. The third-order valence-electron chi connectivity index (χ3n) is 7.43. The summed E-state index contributed by atoms with van der Waals surface area (Å²) in [5.41, 5.74) is 2.40. The largest absolute Gasteiger partial charge is 0.493 e. The minimum absolute atomic E-state index is 0.0842. The van der Waals surface area contributed by atoms with Gasteiger partial charge in [-0.25, -0.2) is 0 Å². The van der Waals surface area contributed by atoms with Crippen LogP contribution in [0.4, 0.5) is 0 Å². The van der Waals surface area contributed by atoms with E-state index in [9.17, 15) is 9.90 Å². The van der Waals surface area contributed by atoms with Crippen LogP contribution in [-0.4, -0.2) is 55.2 Å². The lowest BCUT2D eigenvalue weighted by Gasteiger charge is -2.29. The molecule has 0 amide bonds. The summed E-state index contributed by atoms with van der Waals surface area (Å²) in [5, 5.41) is 12.1. The molecule has 2 atom stereocenters. The first-order chi connectivity index (χ1) is 19.9. The lowest BCUT2D eigenvalue weighted by atomic mass is 9.86. The SMILES string of the molecule is C=C(C(=O)CCOc1ccc(CC)cc1)[C@H](CN1CCCC1)[C@H](O)c1ccc(OCCOc2ccc(Cl)cc2)cc1. The number of rotatable bonds is 16. The molecule has 1 fully saturated rings. The first kappa shape index (κ1) is 30.6. The third-order valence-corrected chi connectivity index (χ3v) is 7.68. The van der Waals surface area contributed by atoms with E-state index >= 15 is 0 Å². The van der Waals surface area contributed by atoms with Crippen molar-refractivity contribution in [1.82, 2.24) is 4.90 Å². The molecular formula is C34H40ClNO5. The van der Waals surface area contributed by atoms with Crippen LogP contribution in [0.15, 0.2) is 84.9 Å². The Kier molecular flexibility index (Phi) is 11.7. The van der Waals surface area contributed by atoms with Crippen LogP contribution in [0.2, 0.25) is 5.02 Å². The van der Waals surface area contributed by atoms with Crippen molar-refractivity contribution in [1.29, 1.82) is 0 Å². The average molecular weight is 578 g/mol. The number of aryl methyl sites for hydroxylation is 1. The summed E-state index contributed by atoms with van der Waals surface area (Å²) in [6.07, 6.45) is 2.57. The van der Waals surface area contributed by atoms with Gasteiger partial charge < -0.3 is 24.2 Å². The van der Waals surface area contributed by atoms with Crippen molar-refractivity contribution >= 4 is 17.4 Å². The van der Waals surface area contributed by atoms with E-state index in [1.54, 1.807) is 12.1 Å². The van der Waals surface area contributed by atoms with Gasteiger partial charge in [-0.3, -0.25) is 4.79 Å². The molecule has 218 valence electrons. The molecule has 3 aromatic carbocycles. The van der Waals surface area contributed by atoms with Gasteiger partial charge in [0.05, 0.1) is 12.7 Å². The highest BCUT2D eigenvalue weighted by Gasteiger charge is 2.30. The minimum atomic E-state index is -0.864. The number of ketones is 1. The van der Waals surface area contributed by atoms with E-state index < -0.39 is 12.0 Å². The molecule has 0 unspecified atom stereocenters. The second-order valence-electron chi connectivity index (χ2n) is 10.3. The number of aliphatic hydroxyl groups is 1. The quantitative estimate of drug-likeness (QED) is 0.151. The molecule has 41 heavy (non-hydrogen) atoms. The maximum Gasteiger partial charge on any atom is 0.162 e. The number of benzene rings is 3. The summed E-state index contributed by atoms with van der Waals surface area (Å²) < 4.78 is 17.3. The molecule has 1 aliphatic heterocycles. The molecule has 0 spiro atoms. The highest BCUT2D eigenvalue weighted by molar-refractivity contribution is 6.30. The molecule has 1 aliphatic rings. The van der Waals surface area contributed by atoms with Gasteiger partial charge in [-0.1, -0.05) is 49.4 Å². The van der Waals surface area contributed by atoms with Crippen LogP contribution in [-0.2, 0) is 11.2 Å². The number of hydrogen-bond donors (Lipinski definition) is 1. The zero-order valence-electron chi connectivity index (χ0n) is 23.8. The fourth-order valence-corrected chi connectivity index (χ4v) is 5.06. The van der Waals surface area contributed by atoms with Crippen molar-refractivity contribution < 1.29 is 24.1 Å². The first-order valence-corrected chi connectivity index (χ1v) is 14.8. The highest BCUT2D eigenvalue weighted by atomic mass is 35.5. The number of Topliss-reactive ketones (excluding diaryl/α,β-unsaturated/α-hetero) is 1. The smallest absolute Gasteiger partial charge is 0.162 e. The summed E-state index contributed by atoms with van der Waals surface area (Å²) in [5.74, 6) is 1.65. The van der Waals surface area contributed by atoms with E-state index in [0.29, 0.717) is 36.1 Å². The molecule has 0 aromatic heterocycles. The van der Waals surface area contributed by atoms with Gasteiger partial charge in [0, 0.05) is 23.9 Å². The van der Waals surface area contributed by atoms with Gasteiger partial charge in [0.2, 0.25) is 0 Å². The van der Waals surface area contributed by atoms with Gasteiger partial charge in [-0.2, -0.15) is 0 Å². The molecular weight excluding hydrogens is 538 g/mol. The number of aliphatic hydroxyl groups excluding tert-OH is 1. The maximum atomic E-state index is 13.2. The Hall–Kier alpha value is -3.32. The first-order valence-electron chi connectivity index (χ1n) is 14.4. The molecule has 6 nitrogen and oxygen atoms in total. The lowest BCUT2D eigenvalue weighted by molar-refractivity contribution is -0.117. The van der Waals surface area contributed by atoms with Crippen LogP contribution in [0.25, 0.3) is 0 Å². The summed E-state index contributed by atoms with van der Waals surface area (Å²) in [6.45, 7) is 9.81. The van der Waals surface area contributed by atoms with Crippen LogP contribution in [0.3, 0.4) is 0 Å². The fraction of sp³-hybridized carbons (Fsp3) is 0.382. The zero-order chi connectivity index (χ0) is 29.0. The second-order valence-corrected chi connectivity index (χ2v) is 10.8. The van der Waals surface area contributed by atoms with Crippen LogP contribution in [0.5, 0.6) is 17.2 Å². The normalized spacial score (nSPS) is 14.8. The zero-order valence-corrected chi connectivity index (χ0v) is 24.5. The molecule has 0 saturated carbocycles. The monoisotopic (exact) mass is 577 g/mol. The number of ether oxygens (including phenoxy) is 3. The average Bonchev–Trinajstić information content (AvgIpc) is 3.52. The van der Waals surface area contributed by atoms with E-state index in [2.05, 4.69) is 18.4 Å². The minimum Gasteiger partial charge on any atom is -0.493 e. The van der Waals surface area contributed by atoms with Crippen LogP contribution in [0.1, 0.15) is 43.4 Å². The number of carbonyl (C=O) groups excluding carboxylic acids is 1. The van der Waals surface area contributed by atoms with Gasteiger partial charge in [0.1, 0.15) is 30.5 Å². The van der Waals surface area contributed by atoms with Crippen molar-refractivity contribution in [3.8, 4) is 17.2 Å². The summed E-state index contributed by atoms with van der Waals surface area (Å²) in [4.78, 5) is 15.5. The topological polar surface area (TPSA) is 68.2 Å². The molecule has 1 heterocycles. The van der Waals surface area contributed by atoms with E-state index in [-0.39, 0.29) is 18.8 Å². The molecule has 1 saturated heterocycles.